The van der Waals surface area contributed by atoms with Gasteiger partial charge in [0.05, 0.1) is 0 Å². The Balaban J connectivity index is 1.50. The van der Waals surface area contributed by atoms with E-state index in [1.165, 1.54) is 16.4 Å². The van der Waals surface area contributed by atoms with Gasteiger partial charge in [0.15, 0.2) is 5.76 Å². The zero-order chi connectivity index (χ0) is 19.2. The number of rotatable bonds is 4. The largest absolute Gasteiger partial charge is 0.442 e. The zero-order valence-electron chi connectivity index (χ0n) is 13.6. The fourth-order valence-corrected chi connectivity index (χ4v) is 4.24. The number of halogens is 3. The molecular formula is C16H13F3N4O3S. The van der Waals surface area contributed by atoms with E-state index in [0.29, 0.717) is 13.1 Å². The Bertz CT molecular complexity index is 1050. The van der Waals surface area contributed by atoms with Crippen LogP contribution in [0.2, 0.25) is 0 Å². The van der Waals surface area contributed by atoms with Crippen LogP contribution in [-0.2, 0) is 16.2 Å². The van der Waals surface area contributed by atoms with Gasteiger partial charge in [-0.25, -0.2) is 8.42 Å². The van der Waals surface area contributed by atoms with Gasteiger partial charge in [-0.05, 0) is 35.9 Å². The van der Waals surface area contributed by atoms with Gasteiger partial charge in [-0.15, -0.1) is 0 Å². The van der Waals surface area contributed by atoms with Crippen LogP contribution in [0, 0.1) is 0 Å². The van der Waals surface area contributed by atoms with Crippen molar-refractivity contribution in [3.63, 3.8) is 0 Å². The molecule has 0 saturated carbocycles. The summed E-state index contributed by atoms with van der Waals surface area (Å²) in [6.07, 6.45) is -1.29. The number of furan rings is 1. The second-order valence-corrected chi connectivity index (χ2v) is 7.95. The standard InChI is InChI=1S/C16H13F3N4O3S/c17-16(18,19)14-7-12(21-22-14)13-1-2-15(26-13)27(24,25)23-8-11(9-23)10-3-5-20-6-4-10/h1-7,11H,8-9H2,(H,21,22). The zero-order valence-corrected chi connectivity index (χ0v) is 14.5. The van der Waals surface area contributed by atoms with E-state index < -0.39 is 21.9 Å². The molecule has 142 valence electrons. The quantitative estimate of drug-likeness (QED) is 0.730. The second-order valence-electron chi connectivity index (χ2n) is 6.08. The number of H-pyrrole nitrogens is 1. The number of aromatic nitrogens is 3. The molecule has 3 aromatic rings. The molecule has 3 aromatic heterocycles. The molecule has 27 heavy (non-hydrogen) atoms. The molecule has 1 aliphatic heterocycles. The highest BCUT2D eigenvalue weighted by Gasteiger charge is 2.39. The van der Waals surface area contributed by atoms with Crippen LogP contribution in [-0.4, -0.2) is 41.0 Å². The molecular weight excluding hydrogens is 385 g/mol. The summed E-state index contributed by atoms with van der Waals surface area (Å²) in [6, 6.07) is 6.92. The molecule has 0 unspecified atom stereocenters. The van der Waals surface area contributed by atoms with Gasteiger partial charge in [-0.3, -0.25) is 10.1 Å². The summed E-state index contributed by atoms with van der Waals surface area (Å²) in [5, 5.41) is 5.06. The van der Waals surface area contributed by atoms with Gasteiger partial charge in [0, 0.05) is 31.4 Å². The van der Waals surface area contributed by atoms with Crippen LogP contribution in [0.4, 0.5) is 13.2 Å². The van der Waals surface area contributed by atoms with Crippen molar-refractivity contribution in [3.05, 3.63) is 54.0 Å². The van der Waals surface area contributed by atoms with Crippen molar-refractivity contribution in [1.29, 1.82) is 0 Å². The lowest BCUT2D eigenvalue weighted by molar-refractivity contribution is -0.141. The summed E-state index contributed by atoms with van der Waals surface area (Å²) in [5.41, 5.74) is -0.170. The Morgan fingerprint density at radius 2 is 1.85 bits per heavy atom. The lowest BCUT2D eigenvalue weighted by Gasteiger charge is -2.37. The normalized spacial score (nSPS) is 16.4. The van der Waals surface area contributed by atoms with Crippen molar-refractivity contribution in [1.82, 2.24) is 19.5 Å². The summed E-state index contributed by atoms with van der Waals surface area (Å²) < 4.78 is 69.7. The van der Waals surface area contributed by atoms with Crippen LogP contribution in [0.25, 0.3) is 11.5 Å². The summed E-state index contributed by atoms with van der Waals surface area (Å²) in [7, 11) is -3.86. The first-order valence-electron chi connectivity index (χ1n) is 7.88. The Kier molecular flexibility index (Phi) is 4.07. The molecule has 0 aromatic carbocycles. The van der Waals surface area contributed by atoms with Crippen LogP contribution < -0.4 is 0 Å². The Hall–Kier alpha value is -2.66. The van der Waals surface area contributed by atoms with Gasteiger partial charge in [-0.1, -0.05) is 0 Å². The van der Waals surface area contributed by atoms with Gasteiger partial charge >= 0.3 is 6.18 Å². The highest BCUT2D eigenvalue weighted by Crippen LogP contribution is 2.34. The molecule has 0 spiro atoms. The van der Waals surface area contributed by atoms with E-state index in [-0.39, 0.29) is 22.5 Å². The Morgan fingerprint density at radius 1 is 1.15 bits per heavy atom. The van der Waals surface area contributed by atoms with E-state index in [2.05, 4.69) is 10.1 Å². The van der Waals surface area contributed by atoms with Gasteiger partial charge in [-0.2, -0.15) is 22.6 Å². The Labute approximate surface area is 151 Å². The first kappa shape index (κ1) is 17.7. The van der Waals surface area contributed by atoms with Crippen molar-refractivity contribution >= 4 is 10.0 Å². The number of nitrogens with one attached hydrogen (secondary N) is 1. The van der Waals surface area contributed by atoms with Crippen molar-refractivity contribution in [2.75, 3.05) is 13.1 Å². The SMILES string of the molecule is O=S(=O)(c1ccc(-c2cc(C(F)(F)F)[nH]n2)o1)N1CC(c2ccncc2)C1. The minimum atomic E-state index is -4.58. The van der Waals surface area contributed by atoms with E-state index in [9.17, 15) is 21.6 Å². The molecule has 1 N–H and O–H groups in total. The number of sulfonamides is 1. The molecule has 4 rings (SSSR count). The maximum atomic E-state index is 12.6. The number of alkyl halides is 3. The topological polar surface area (TPSA) is 92.1 Å². The van der Waals surface area contributed by atoms with Crippen LogP contribution in [0.3, 0.4) is 0 Å². The molecule has 4 heterocycles. The summed E-state index contributed by atoms with van der Waals surface area (Å²) in [5.74, 6) is 0.00410. The lowest BCUT2D eigenvalue weighted by Crippen LogP contribution is -2.48. The first-order chi connectivity index (χ1) is 12.7. The maximum Gasteiger partial charge on any atom is 0.432 e. The van der Waals surface area contributed by atoms with Crippen LogP contribution in [0.15, 0.2) is 52.2 Å². The van der Waals surface area contributed by atoms with E-state index in [1.807, 2.05) is 17.2 Å². The van der Waals surface area contributed by atoms with Crippen molar-refractivity contribution in [3.8, 4) is 11.5 Å². The van der Waals surface area contributed by atoms with Crippen molar-refractivity contribution < 1.29 is 26.0 Å². The molecule has 11 heteroatoms. The van der Waals surface area contributed by atoms with Crippen LogP contribution >= 0.6 is 0 Å². The number of aromatic amines is 1. The predicted octanol–water partition coefficient (Wildman–Crippen LogP) is 2.87. The Morgan fingerprint density at radius 3 is 2.48 bits per heavy atom. The van der Waals surface area contributed by atoms with E-state index in [1.54, 1.807) is 12.4 Å². The molecule has 7 nitrogen and oxygen atoms in total. The fraction of sp³-hybridized carbons (Fsp3) is 0.250. The number of hydrogen-bond donors (Lipinski definition) is 1. The van der Waals surface area contributed by atoms with Crippen molar-refractivity contribution in [2.45, 2.75) is 17.2 Å². The maximum absolute atomic E-state index is 12.6. The monoisotopic (exact) mass is 398 g/mol. The molecule has 1 fully saturated rings. The van der Waals surface area contributed by atoms with E-state index in [4.69, 9.17) is 4.42 Å². The minimum Gasteiger partial charge on any atom is -0.442 e. The first-order valence-corrected chi connectivity index (χ1v) is 9.32. The van der Waals surface area contributed by atoms with Gasteiger partial charge < -0.3 is 4.42 Å². The van der Waals surface area contributed by atoms with Crippen LogP contribution in [0.1, 0.15) is 17.2 Å². The molecule has 1 saturated heterocycles. The molecule has 0 radical (unpaired) electrons. The summed E-state index contributed by atoms with van der Waals surface area (Å²) >= 11 is 0. The van der Waals surface area contributed by atoms with Gasteiger partial charge in [0.2, 0.25) is 5.09 Å². The summed E-state index contributed by atoms with van der Waals surface area (Å²) in [6.45, 7) is 0.589. The van der Waals surface area contributed by atoms with E-state index >= 15 is 0 Å². The molecule has 0 amide bonds. The molecule has 0 bridgehead atoms. The third-order valence-electron chi connectivity index (χ3n) is 4.34. The predicted molar refractivity (Wildman–Crippen MR) is 87.0 cm³/mol. The second kappa shape index (κ2) is 6.20. The van der Waals surface area contributed by atoms with Crippen molar-refractivity contribution in [2.24, 2.45) is 0 Å². The van der Waals surface area contributed by atoms with Gasteiger partial charge in [0.1, 0.15) is 11.4 Å². The molecule has 0 aliphatic carbocycles. The molecule has 0 atom stereocenters. The van der Waals surface area contributed by atoms with E-state index in [0.717, 1.165) is 11.6 Å². The smallest absolute Gasteiger partial charge is 0.432 e. The minimum absolute atomic E-state index is 0.0634. The lowest BCUT2D eigenvalue weighted by atomic mass is 9.95. The summed E-state index contributed by atoms with van der Waals surface area (Å²) in [4.78, 5) is 3.92. The highest BCUT2D eigenvalue weighted by atomic mass is 32.2. The third kappa shape index (κ3) is 3.23. The average Bonchev–Trinajstić information content (AvgIpc) is 3.23. The average molecular weight is 398 g/mol. The number of nitrogens with zero attached hydrogens (tertiary/aromatic N) is 3. The third-order valence-corrected chi connectivity index (χ3v) is 6.04. The van der Waals surface area contributed by atoms with Crippen LogP contribution in [0.5, 0.6) is 0 Å². The van der Waals surface area contributed by atoms with Gasteiger partial charge in [0.25, 0.3) is 10.0 Å². The highest BCUT2D eigenvalue weighted by molar-refractivity contribution is 7.89. The number of pyridine rings is 1. The molecule has 1 aliphatic rings. The fourth-order valence-electron chi connectivity index (χ4n) is 2.80. The number of hydrogen-bond acceptors (Lipinski definition) is 5.